The maximum Gasteiger partial charge on any atom is 0.225 e. The van der Waals surface area contributed by atoms with Crippen molar-refractivity contribution >= 4 is 29.1 Å². The van der Waals surface area contributed by atoms with Gasteiger partial charge in [0, 0.05) is 17.7 Å². The van der Waals surface area contributed by atoms with Crippen molar-refractivity contribution in [3.8, 4) is 11.3 Å². The summed E-state index contributed by atoms with van der Waals surface area (Å²) >= 11 is 6.35. The largest absolute Gasteiger partial charge is 0.351 e. The molecule has 25 heavy (non-hydrogen) atoms. The van der Waals surface area contributed by atoms with Gasteiger partial charge in [0.25, 0.3) is 0 Å². The normalized spacial score (nSPS) is 13.5. The molecule has 3 aromatic rings. The summed E-state index contributed by atoms with van der Waals surface area (Å²) in [7, 11) is 0. The topological polar surface area (TPSA) is 49.8 Å². The van der Waals surface area contributed by atoms with Gasteiger partial charge in [-0.2, -0.15) is 4.98 Å². The Morgan fingerprint density at radius 1 is 1.00 bits per heavy atom. The van der Waals surface area contributed by atoms with Gasteiger partial charge in [-0.25, -0.2) is 4.98 Å². The SMILES string of the molecule is Cc1ccc(Nc2cc(-c3ccccc3)nc(NC3CC3)n2)c(Cl)c1. The average molecular weight is 351 g/mol. The molecular weight excluding hydrogens is 332 g/mol. The molecule has 0 atom stereocenters. The average Bonchev–Trinajstić information content (AvgIpc) is 3.42. The number of hydrogen-bond donors (Lipinski definition) is 2. The Balaban J connectivity index is 1.70. The van der Waals surface area contributed by atoms with Crippen LogP contribution < -0.4 is 10.6 Å². The molecule has 5 heteroatoms. The predicted octanol–water partition coefficient (Wildman–Crippen LogP) is 5.42. The number of nitrogens with zero attached hydrogens (tertiary/aromatic N) is 2. The van der Waals surface area contributed by atoms with Gasteiger partial charge >= 0.3 is 0 Å². The summed E-state index contributed by atoms with van der Waals surface area (Å²) in [5.41, 5.74) is 3.90. The van der Waals surface area contributed by atoms with Gasteiger partial charge in [0.1, 0.15) is 5.82 Å². The van der Waals surface area contributed by atoms with Gasteiger partial charge in [0.2, 0.25) is 5.95 Å². The van der Waals surface area contributed by atoms with Crippen LogP contribution in [0.1, 0.15) is 18.4 Å². The molecule has 0 aliphatic heterocycles. The van der Waals surface area contributed by atoms with E-state index in [1.807, 2.05) is 61.5 Å². The van der Waals surface area contributed by atoms with Gasteiger partial charge in [0.15, 0.2) is 0 Å². The number of hydrogen-bond acceptors (Lipinski definition) is 4. The second kappa shape index (κ2) is 6.73. The lowest BCUT2D eigenvalue weighted by atomic mass is 10.1. The number of benzene rings is 2. The van der Waals surface area contributed by atoms with Crippen molar-refractivity contribution in [1.29, 1.82) is 0 Å². The zero-order chi connectivity index (χ0) is 17.2. The highest BCUT2D eigenvalue weighted by molar-refractivity contribution is 6.33. The summed E-state index contributed by atoms with van der Waals surface area (Å²) < 4.78 is 0. The fraction of sp³-hybridized carbons (Fsp3) is 0.200. The molecule has 1 heterocycles. The van der Waals surface area contributed by atoms with E-state index in [4.69, 9.17) is 11.6 Å². The Kier molecular flexibility index (Phi) is 4.28. The molecule has 4 rings (SSSR count). The molecule has 1 fully saturated rings. The molecule has 1 saturated carbocycles. The molecule has 0 radical (unpaired) electrons. The summed E-state index contributed by atoms with van der Waals surface area (Å²) in [6.07, 6.45) is 2.34. The molecule has 1 aromatic heterocycles. The van der Waals surface area contributed by atoms with Crippen molar-refractivity contribution in [2.24, 2.45) is 0 Å². The van der Waals surface area contributed by atoms with Crippen LogP contribution in [0.3, 0.4) is 0 Å². The highest BCUT2D eigenvalue weighted by Crippen LogP contribution is 2.29. The van der Waals surface area contributed by atoms with Crippen molar-refractivity contribution in [2.75, 3.05) is 10.6 Å². The van der Waals surface area contributed by atoms with Crippen LogP contribution in [0.2, 0.25) is 5.02 Å². The number of anilines is 3. The number of halogens is 1. The standard InChI is InChI=1S/C20H19ClN4/c1-13-7-10-17(16(21)11-13)23-19-12-18(14-5-3-2-4-6-14)24-20(25-19)22-15-8-9-15/h2-7,10-12,15H,8-9H2,1H3,(H2,22,23,24,25). The Bertz CT molecular complexity index is 891. The monoisotopic (exact) mass is 350 g/mol. The molecule has 2 aromatic carbocycles. The number of rotatable bonds is 5. The van der Waals surface area contributed by atoms with Gasteiger partial charge in [-0.05, 0) is 37.5 Å². The Hall–Kier alpha value is -2.59. The van der Waals surface area contributed by atoms with E-state index in [1.54, 1.807) is 0 Å². The smallest absolute Gasteiger partial charge is 0.225 e. The second-order valence-corrected chi connectivity index (χ2v) is 6.76. The molecule has 0 saturated heterocycles. The lowest BCUT2D eigenvalue weighted by Crippen LogP contribution is -2.07. The number of nitrogens with one attached hydrogen (secondary N) is 2. The van der Waals surface area contributed by atoms with Crippen molar-refractivity contribution in [1.82, 2.24) is 9.97 Å². The molecule has 0 bridgehead atoms. The summed E-state index contributed by atoms with van der Waals surface area (Å²) in [6, 6.07) is 18.5. The summed E-state index contributed by atoms with van der Waals surface area (Å²) in [6.45, 7) is 2.02. The first kappa shape index (κ1) is 15.9. The fourth-order valence-electron chi connectivity index (χ4n) is 2.60. The zero-order valence-electron chi connectivity index (χ0n) is 14.0. The Labute approximate surface area is 152 Å². The van der Waals surface area contributed by atoms with Gasteiger partial charge in [-0.3, -0.25) is 0 Å². The molecule has 0 unspecified atom stereocenters. The Morgan fingerprint density at radius 3 is 2.52 bits per heavy atom. The van der Waals surface area contributed by atoms with Gasteiger partial charge in [0.05, 0.1) is 16.4 Å². The maximum absolute atomic E-state index is 6.35. The van der Waals surface area contributed by atoms with Gasteiger partial charge in [-0.1, -0.05) is 48.0 Å². The quantitative estimate of drug-likeness (QED) is 0.644. The molecule has 0 amide bonds. The van der Waals surface area contributed by atoms with Crippen molar-refractivity contribution in [3.63, 3.8) is 0 Å². The minimum atomic E-state index is 0.488. The van der Waals surface area contributed by atoms with Crippen LogP contribution in [0.25, 0.3) is 11.3 Å². The second-order valence-electron chi connectivity index (χ2n) is 6.35. The minimum absolute atomic E-state index is 0.488. The van der Waals surface area contributed by atoms with E-state index in [9.17, 15) is 0 Å². The molecule has 126 valence electrons. The molecule has 1 aliphatic rings. The maximum atomic E-state index is 6.35. The molecule has 2 N–H and O–H groups in total. The first-order chi connectivity index (χ1) is 12.2. The lowest BCUT2D eigenvalue weighted by molar-refractivity contribution is 1.06. The molecular formula is C20H19ClN4. The van der Waals surface area contributed by atoms with Crippen LogP contribution in [0.5, 0.6) is 0 Å². The Morgan fingerprint density at radius 2 is 1.80 bits per heavy atom. The van der Waals surface area contributed by atoms with Crippen molar-refractivity contribution < 1.29 is 0 Å². The molecule has 1 aliphatic carbocycles. The van der Waals surface area contributed by atoms with Gasteiger partial charge in [-0.15, -0.1) is 0 Å². The van der Waals surface area contributed by atoms with Crippen LogP contribution in [-0.2, 0) is 0 Å². The highest BCUT2D eigenvalue weighted by atomic mass is 35.5. The van der Waals surface area contributed by atoms with Crippen LogP contribution >= 0.6 is 11.6 Å². The first-order valence-electron chi connectivity index (χ1n) is 8.41. The lowest BCUT2D eigenvalue weighted by Gasteiger charge is -2.12. The van der Waals surface area contributed by atoms with Crippen LogP contribution in [0.15, 0.2) is 54.6 Å². The van der Waals surface area contributed by atoms with E-state index < -0.39 is 0 Å². The van der Waals surface area contributed by atoms with E-state index in [0.717, 1.165) is 28.3 Å². The van der Waals surface area contributed by atoms with Crippen LogP contribution in [0.4, 0.5) is 17.5 Å². The van der Waals surface area contributed by atoms with E-state index in [0.29, 0.717) is 17.0 Å². The molecule has 4 nitrogen and oxygen atoms in total. The third-order valence-corrected chi connectivity index (χ3v) is 4.41. The summed E-state index contributed by atoms with van der Waals surface area (Å²) in [5.74, 6) is 1.37. The van der Waals surface area contributed by atoms with E-state index in [-0.39, 0.29) is 0 Å². The van der Waals surface area contributed by atoms with E-state index in [2.05, 4.69) is 20.6 Å². The first-order valence-corrected chi connectivity index (χ1v) is 8.79. The minimum Gasteiger partial charge on any atom is -0.351 e. The third-order valence-electron chi connectivity index (χ3n) is 4.09. The van der Waals surface area contributed by atoms with E-state index >= 15 is 0 Å². The third kappa shape index (κ3) is 3.91. The van der Waals surface area contributed by atoms with Crippen LogP contribution in [-0.4, -0.2) is 16.0 Å². The van der Waals surface area contributed by atoms with Crippen LogP contribution in [0, 0.1) is 6.92 Å². The zero-order valence-corrected chi connectivity index (χ0v) is 14.7. The van der Waals surface area contributed by atoms with Crippen molar-refractivity contribution in [3.05, 3.63) is 65.2 Å². The number of aryl methyl sites for hydroxylation is 1. The molecule has 0 spiro atoms. The summed E-state index contributed by atoms with van der Waals surface area (Å²) in [4.78, 5) is 9.27. The fourth-order valence-corrected chi connectivity index (χ4v) is 2.88. The van der Waals surface area contributed by atoms with Crippen molar-refractivity contribution in [2.45, 2.75) is 25.8 Å². The predicted molar refractivity (Wildman–Crippen MR) is 104 cm³/mol. The summed E-state index contributed by atoms with van der Waals surface area (Å²) in [5, 5.41) is 7.38. The number of aromatic nitrogens is 2. The highest BCUT2D eigenvalue weighted by Gasteiger charge is 2.22. The van der Waals surface area contributed by atoms with E-state index in [1.165, 1.54) is 12.8 Å². The van der Waals surface area contributed by atoms with Gasteiger partial charge < -0.3 is 10.6 Å².